The van der Waals surface area contributed by atoms with Crippen LogP contribution in [0.25, 0.3) is 0 Å². The van der Waals surface area contributed by atoms with Gasteiger partial charge in [0.05, 0.1) is 12.2 Å². The molecule has 17 heavy (non-hydrogen) atoms. The molecule has 0 radical (unpaired) electrons. The quantitative estimate of drug-likeness (QED) is 0.632. The minimum absolute atomic E-state index is 0.0355. The molecule has 94 valence electrons. The number of benzene rings is 1. The van der Waals surface area contributed by atoms with E-state index < -0.39 is 17.9 Å². The second-order valence-electron chi connectivity index (χ2n) is 3.61. The van der Waals surface area contributed by atoms with Crippen molar-refractivity contribution < 1.29 is 18.7 Å². The van der Waals surface area contributed by atoms with Crippen LogP contribution in [0.2, 0.25) is 0 Å². The van der Waals surface area contributed by atoms with Gasteiger partial charge in [-0.1, -0.05) is 0 Å². The number of carbonyl (C=O) groups excluding carboxylic acids is 1. The Labute approximate surface area is 99.5 Å². The maximum absolute atomic E-state index is 13.0. The first-order valence-electron chi connectivity index (χ1n) is 5.38. The van der Waals surface area contributed by atoms with Crippen molar-refractivity contribution in [3.8, 4) is 0 Å². The lowest BCUT2D eigenvalue weighted by atomic mass is 10.2. The Bertz CT molecular complexity index is 395. The van der Waals surface area contributed by atoms with Gasteiger partial charge in [0.25, 0.3) is 0 Å². The Morgan fingerprint density at radius 3 is 2.88 bits per heavy atom. The summed E-state index contributed by atoms with van der Waals surface area (Å²) in [6, 6.07) is 3.58. The lowest BCUT2D eigenvalue weighted by Gasteiger charge is -2.13. The second-order valence-corrected chi connectivity index (χ2v) is 3.61. The highest BCUT2D eigenvalue weighted by Gasteiger charge is 2.15. The van der Waals surface area contributed by atoms with Gasteiger partial charge in [0, 0.05) is 12.3 Å². The number of anilines is 1. The maximum Gasteiger partial charge on any atom is 0.340 e. The zero-order valence-corrected chi connectivity index (χ0v) is 9.90. The minimum Gasteiger partial charge on any atom is -0.457 e. The molecule has 2 N–H and O–H groups in total. The summed E-state index contributed by atoms with van der Waals surface area (Å²) in [6.07, 6.45) is -0.398. The molecular weight excluding hydrogens is 225 g/mol. The van der Waals surface area contributed by atoms with Crippen molar-refractivity contribution in [3.05, 3.63) is 29.6 Å². The molecule has 0 heterocycles. The summed E-state index contributed by atoms with van der Waals surface area (Å²) in [5.74, 6) is -1.17. The summed E-state index contributed by atoms with van der Waals surface area (Å²) in [4.78, 5) is 11.7. The molecule has 4 nitrogen and oxygen atoms in total. The van der Waals surface area contributed by atoms with Crippen molar-refractivity contribution in [1.29, 1.82) is 0 Å². The van der Waals surface area contributed by atoms with Crippen LogP contribution in [-0.2, 0) is 9.47 Å². The molecule has 0 saturated heterocycles. The maximum atomic E-state index is 13.0. The number of nitrogens with two attached hydrogens (primary N) is 1. The Morgan fingerprint density at radius 2 is 2.24 bits per heavy atom. The molecule has 1 aromatic carbocycles. The topological polar surface area (TPSA) is 61.5 Å². The van der Waals surface area contributed by atoms with Gasteiger partial charge in [-0.3, -0.25) is 0 Å². The number of esters is 1. The molecular formula is C12H16FNO3. The first-order chi connectivity index (χ1) is 8.04. The van der Waals surface area contributed by atoms with Gasteiger partial charge < -0.3 is 15.2 Å². The van der Waals surface area contributed by atoms with Crippen LogP contribution in [-0.4, -0.2) is 25.3 Å². The predicted molar refractivity (Wildman–Crippen MR) is 62.2 cm³/mol. The number of nitrogen functional groups attached to an aromatic ring is 1. The zero-order chi connectivity index (χ0) is 12.8. The van der Waals surface area contributed by atoms with Gasteiger partial charge in [-0.15, -0.1) is 0 Å². The average molecular weight is 241 g/mol. The minimum atomic E-state index is -0.644. The number of hydrogen-bond acceptors (Lipinski definition) is 4. The Kier molecular flexibility index (Phi) is 4.90. The summed E-state index contributed by atoms with van der Waals surface area (Å²) in [7, 11) is 0. The number of rotatable bonds is 5. The van der Waals surface area contributed by atoms with Crippen LogP contribution >= 0.6 is 0 Å². The van der Waals surface area contributed by atoms with E-state index in [1.807, 2.05) is 6.92 Å². The predicted octanol–water partition coefficient (Wildman–Crippen LogP) is 1.99. The van der Waals surface area contributed by atoms with E-state index in [-0.39, 0.29) is 11.3 Å². The van der Waals surface area contributed by atoms with Crippen LogP contribution in [0.5, 0.6) is 0 Å². The zero-order valence-electron chi connectivity index (χ0n) is 9.90. The van der Waals surface area contributed by atoms with E-state index in [1.54, 1.807) is 6.92 Å². The van der Waals surface area contributed by atoms with Crippen LogP contribution in [0.15, 0.2) is 18.2 Å². The summed E-state index contributed by atoms with van der Waals surface area (Å²) in [5.41, 5.74) is 5.80. The van der Waals surface area contributed by atoms with Gasteiger partial charge in [-0.25, -0.2) is 9.18 Å². The molecule has 0 amide bonds. The van der Waals surface area contributed by atoms with E-state index in [0.717, 1.165) is 6.07 Å². The third-order valence-corrected chi connectivity index (χ3v) is 2.10. The third kappa shape index (κ3) is 4.03. The molecule has 0 bridgehead atoms. The lowest BCUT2D eigenvalue weighted by Crippen LogP contribution is -2.21. The van der Waals surface area contributed by atoms with Gasteiger partial charge in [0.1, 0.15) is 11.9 Å². The number of carbonyl (C=O) groups is 1. The summed E-state index contributed by atoms with van der Waals surface area (Å²) >= 11 is 0. The number of hydrogen-bond donors (Lipinski definition) is 1. The van der Waals surface area contributed by atoms with E-state index in [2.05, 4.69) is 0 Å². The van der Waals surface area contributed by atoms with E-state index in [4.69, 9.17) is 15.2 Å². The van der Waals surface area contributed by atoms with Crippen LogP contribution in [0.1, 0.15) is 24.2 Å². The molecule has 0 aliphatic rings. The highest BCUT2D eigenvalue weighted by Crippen LogP contribution is 2.15. The van der Waals surface area contributed by atoms with Gasteiger partial charge >= 0.3 is 5.97 Å². The molecule has 1 unspecified atom stereocenters. The highest BCUT2D eigenvalue weighted by atomic mass is 19.1. The van der Waals surface area contributed by atoms with E-state index >= 15 is 0 Å². The molecule has 0 fully saturated rings. The van der Waals surface area contributed by atoms with Gasteiger partial charge in [-0.05, 0) is 32.0 Å². The largest absolute Gasteiger partial charge is 0.457 e. The van der Waals surface area contributed by atoms with Gasteiger partial charge in [0.2, 0.25) is 0 Å². The Hall–Kier alpha value is -1.62. The Balaban J connectivity index is 2.66. The highest BCUT2D eigenvalue weighted by molar-refractivity contribution is 5.95. The monoisotopic (exact) mass is 241 g/mol. The van der Waals surface area contributed by atoms with Crippen molar-refractivity contribution in [3.63, 3.8) is 0 Å². The van der Waals surface area contributed by atoms with Crippen molar-refractivity contribution in [1.82, 2.24) is 0 Å². The number of halogens is 1. The number of ether oxygens (including phenoxy) is 2. The SMILES string of the molecule is CCOCC(C)OC(=O)c1cc(F)ccc1N. The molecule has 1 rings (SSSR count). The van der Waals surface area contributed by atoms with E-state index in [9.17, 15) is 9.18 Å². The smallest absolute Gasteiger partial charge is 0.340 e. The molecule has 0 spiro atoms. The lowest BCUT2D eigenvalue weighted by molar-refractivity contribution is 0.00445. The second kappa shape index (κ2) is 6.20. The van der Waals surface area contributed by atoms with Gasteiger partial charge in [-0.2, -0.15) is 0 Å². The molecule has 1 atom stereocenters. The van der Waals surface area contributed by atoms with Crippen molar-refractivity contribution in [2.75, 3.05) is 18.9 Å². The fourth-order valence-corrected chi connectivity index (χ4v) is 1.27. The summed E-state index contributed by atoms with van der Waals surface area (Å²) < 4.78 is 23.1. The van der Waals surface area contributed by atoms with Crippen LogP contribution in [0.4, 0.5) is 10.1 Å². The molecule has 0 aromatic heterocycles. The molecule has 0 aliphatic heterocycles. The summed E-state index contributed by atoms with van der Waals surface area (Å²) in [5, 5.41) is 0. The molecule has 0 saturated carbocycles. The van der Waals surface area contributed by atoms with Crippen LogP contribution < -0.4 is 5.73 Å². The van der Waals surface area contributed by atoms with Crippen LogP contribution in [0.3, 0.4) is 0 Å². The standard InChI is InChI=1S/C12H16FNO3/c1-3-16-7-8(2)17-12(15)10-6-9(13)4-5-11(10)14/h4-6,8H,3,7,14H2,1-2H3. The first-order valence-corrected chi connectivity index (χ1v) is 5.38. The normalized spacial score (nSPS) is 12.2. The van der Waals surface area contributed by atoms with Crippen molar-refractivity contribution in [2.24, 2.45) is 0 Å². The van der Waals surface area contributed by atoms with Crippen molar-refractivity contribution in [2.45, 2.75) is 20.0 Å². The van der Waals surface area contributed by atoms with Crippen LogP contribution in [0, 0.1) is 5.82 Å². The Morgan fingerprint density at radius 1 is 1.53 bits per heavy atom. The summed E-state index contributed by atoms with van der Waals surface area (Å²) in [6.45, 7) is 4.39. The fraction of sp³-hybridized carbons (Fsp3) is 0.417. The fourth-order valence-electron chi connectivity index (χ4n) is 1.27. The average Bonchev–Trinajstić information content (AvgIpc) is 2.29. The first kappa shape index (κ1) is 13.4. The molecule has 1 aromatic rings. The third-order valence-electron chi connectivity index (χ3n) is 2.10. The van der Waals surface area contributed by atoms with E-state index in [1.165, 1.54) is 12.1 Å². The van der Waals surface area contributed by atoms with Crippen molar-refractivity contribution >= 4 is 11.7 Å². The molecule has 5 heteroatoms. The molecule has 0 aliphatic carbocycles. The van der Waals surface area contributed by atoms with Gasteiger partial charge in [0.15, 0.2) is 0 Å². The van der Waals surface area contributed by atoms with E-state index in [0.29, 0.717) is 13.2 Å².